The van der Waals surface area contributed by atoms with Crippen molar-refractivity contribution in [1.29, 1.82) is 0 Å². The molecule has 2 amide bonds. The molecule has 0 aliphatic carbocycles. The molecule has 1 rings (SSSR count). The molecule has 0 bridgehead atoms. The van der Waals surface area contributed by atoms with Gasteiger partial charge < -0.3 is 15.5 Å². The van der Waals surface area contributed by atoms with Gasteiger partial charge in [0.05, 0.1) is 0 Å². The SMILES string of the molecule is CC(=O)N1CCN(C)CC1C(N)=O. The van der Waals surface area contributed by atoms with Gasteiger partial charge >= 0.3 is 0 Å². The van der Waals surface area contributed by atoms with Crippen molar-refractivity contribution in [2.24, 2.45) is 5.73 Å². The lowest BCUT2D eigenvalue weighted by atomic mass is 10.1. The summed E-state index contributed by atoms with van der Waals surface area (Å²) in [4.78, 5) is 25.7. The Morgan fingerprint density at radius 1 is 1.38 bits per heavy atom. The second-order valence-corrected chi connectivity index (χ2v) is 3.39. The van der Waals surface area contributed by atoms with E-state index in [0.29, 0.717) is 13.1 Å². The number of nitrogens with two attached hydrogens (primary N) is 1. The molecule has 1 heterocycles. The topological polar surface area (TPSA) is 66.6 Å². The van der Waals surface area contributed by atoms with Gasteiger partial charge in [-0.25, -0.2) is 0 Å². The van der Waals surface area contributed by atoms with E-state index in [2.05, 4.69) is 0 Å². The van der Waals surface area contributed by atoms with Crippen LogP contribution in [-0.4, -0.2) is 54.3 Å². The summed E-state index contributed by atoms with van der Waals surface area (Å²) in [6.07, 6.45) is 0. The molecule has 1 saturated heterocycles. The largest absolute Gasteiger partial charge is 0.368 e. The van der Waals surface area contributed by atoms with E-state index in [1.54, 1.807) is 0 Å². The van der Waals surface area contributed by atoms with E-state index in [1.165, 1.54) is 11.8 Å². The van der Waals surface area contributed by atoms with Gasteiger partial charge in [0.15, 0.2) is 0 Å². The molecule has 1 unspecified atom stereocenters. The molecule has 13 heavy (non-hydrogen) atoms. The molecule has 1 atom stereocenters. The van der Waals surface area contributed by atoms with Crippen molar-refractivity contribution in [2.45, 2.75) is 13.0 Å². The van der Waals surface area contributed by atoms with E-state index in [0.717, 1.165) is 6.54 Å². The van der Waals surface area contributed by atoms with Gasteiger partial charge in [0.25, 0.3) is 0 Å². The summed E-state index contributed by atoms with van der Waals surface area (Å²) in [5.41, 5.74) is 5.20. The Morgan fingerprint density at radius 3 is 2.46 bits per heavy atom. The van der Waals surface area contributed by atoms with Crippen molar-refractivity contribution in [1.82, 2.24) is 9.80 Å². The lowest BCUT2D eigenvalue weighted by Gasteiger charge is -2.37. The van der Waals surface area contributed by atoms with Crippen LogP contribution in [0.25, 0.3) is 0 Å². The van der Waals surface area contributed by atoms with Crippen LogP contribution >= 0.6 is 0 Å². The molecule has 0 aromatic carbocycles. The molecule has 0 radical (unpaired) electrons. The third-order valence-electron chi connectivity index (χ3n) is 2.32. The highest BCUT2D eigenvalue weighted by Gasteiger charge is 2.30. The average Bonchev–Trinajstić information content (AvgIpc) is 2.03. The first-order valence-electron chi connectivity index (χ1n) is 4.27. The minimum atomic E-state index is -0.462. The Hall–Kier alpha value is -1.10. The lowest BCUT2D eigenvalue weighted by Crippen LogP contribution is -2.58. The summed E-state index contributed by atoms with van der Waals surface area (Å²) >= 11 is 0. The Balaban J connectivity index is 2.72. The summed E-state index contributed by atoms with van der Waals surface area (Å²) in [5.74, 6) is -0.515. The summed E-state index contributed by atoms with van der Waals surface area (Å²) in [5, 5.41) is 0. The number of rotatable bonds is 1. The smallest absolute Gasteiger partial charge is 0.241 e. The number of nitrogens with zero attached hydrogens (tertiary/aromatic N) is 2. The van der Waals surface area contributed by atoms with E-state index in [-0.39, 0.29) is 5.91 Å². The lowest BCUT2D eigenvalue weighted by molar-refractivity contribution is -0.140. The van der Waals surface area contributed by atoms with Gasteiger partial charge in [0, 0.05) is 26.6 Å². The second-order valence-electron chi connectivity index (χ2n) is 3.39. The number of carbonyl (C=O) groups is 2. The third kappa shape index (κ3) is 2.18. The molecule has 5 heteroatoms. The predicted octanol–water partition coefficient (Wildman–Crippen LogP) is -1.37. The third-order valence-corrected chi connectivity index (χ3v) is 2.32. The zero-order valence-electron chi connectivity index (χ0n) is 7.99. The first-order valence-corrected chi connectivity index (χ1v) is 4.27. The van der Waals surface area contributed by atoms with Crippen LogP contribution in [0.2, 0.25) is 0 Å². The van der Waals surface area contributed by atoms with E-state index >= 15 is 0 Å². The molecule has 74 valence electrons. The van der Waals surface area contributed by atoms with Crippen LogP contribution in [0.5, 0.6) is 0 Å². The van der Waals surface area contributed by atoms with Crippen LogP contribution in [0.4, 0.5) is 0 Å². The highest BCUT2D eigenvalue weighted by molar-refractivity contribution is 5.86. The Labute approximate surface area is 77.5 Å². The molecule has 0 aromatic rings. The predicted molar refractivity (Wildman–Crippen MR) is 47.9 cm³/mol. The molecule has 2 N–H and O–H groups in total. The highest BCUT2D eigenvalue weighted by Crippen LogP contribution is 2.07. The summed E-state index contributed by atoms with van der Waals surface area (Å²) in [6, 6.07) is -0.462. The van der Waals surface area contributed by atoms with Gasteiger partial charge in [-0.15, -0.1) is 0 Å². The van der Waals surface area contributed by atoms with Crippen LogP contribution in [-0.2, 0) is 9.59 Å². The molecule has 0 aromatic heterocycles. The van der Waals surface area contributed by atoms with Crippen molar-refractivity contribution in [3.63, 3.8) is 0 Å². The monoisotopic (exact) mass is 185 g/mol. The molecule has 0 spiro atoms. The zero-order chi connectivity index (χ0) is 10.0. The van der Waals surface area contributed by atoms with Gasteiger partial charge in [-0.05, 0) is 7.05 Å². The van der Waals surface area contributed by atoms with E-state index in [1.807, 2.05) is 11.9 Å². The Morgan fingerprint density at radius 2 is 2.00 bits per heavy atom. The number of carbonyl (C=O) groups excluding carboxylic acids is 2. The maximum atomic E-state index is 11.1. The van der Waals surface area contributed by atoms with Crippen LogP contribution in [0.15, 0.2) is 0 Å². The molecule has 1 aliphatic heterocycles. The number of hydrogen-bond acceptors (Lipinski definition) is 3. The second kappa shape index (κ2) is 3.74. The molecular weight excluding hydrogens is 170 g/mol. The Bertz CT molecular complexity index is 229. The van der Waals surface area contributed by atoms with Crippen molar-refractivity contribution < 1.29 is 9.59 Å². The van der Waals surface area contributed by atoms with Crippen molar-refractivity contribution in [2.75, 3.05) is 26.7 Å². The van der Waals surface area contributed by atoms with Crippen LogP contribution in [0.3, 0.4) is 0 Å². The van der Waals surface area contributed by atoms with Crippen molar-refractivity contribution in [3.8, 4) is 0 Å². The molecule has 5 nitrogen and oxygen atoms in total. The fourth-order valence-electron chi connectivity index (χ4n) is 1.54. The molecule has 0 saturated carbocycles. The highest BCUT2D eigenvalue weighted by atomic mass is 16.2. The molecular formula is C8H15N3O2. The van der Waals surface area contributed by atoms with E-state index < -0.39 is 11.9 Å². The van der Waals surface area contributed by atoms with Gasteiger partial charge in [-0.2, -0.15) is 0 Å². The number of hydrogen-bond donors (Lipinski definition) is 1. The van der Waals surface area contributed by atoms with Gasteiger partial charge in [-0.3, -0.25) is 9.59 Å². The first kappa shape index (κ1) is 9.98. The number of amides is 2. The molecule has 1 fully saturated rings. The summed E-state index contributed by atoms with van der Waals surface area (Å²) in [7, 11) is 1.91. The van der Waals surface area contributed by atoms with E-state index in [4.69, 9.17) is 5.73 Å². The van der Waals surface area contributed by atoms with Crippen molar-refractivity contribution >= 4 is 11.8 Å². The fraction of sp³-hybridized carbons (Fsp3) is 0.750. The van der Waals surface area contributed by atoms with Crippen LogP contribution < -0.4 is 5.73 Å². The summed E-state index contributed by atoms with van der Waals surface area (Å²) in [6.45, 7) is 3.37. The Kier molecular flexibility index (Phi) is 2.87. The number of piperazine rings is 1. The first-order chi connectivity index (χ1) is 6.02. The van der Waals surface area contributed by atoms with Gasteiger partial charge in [0.1, 0.15) is 6.04 Å². The zero-order valence-corrected chi connectivity index (χ0v) is 7.99. The normalized spacial score (nSPS) is 24.5. The standard InChI is InChI=1S/C8H15N3O2/c1-6(12)11-4-3-10(2)5-7(11)8(9)13/h7H,3-5H2,1-2H3,(H2,9,13). The number of primary amides is 1. The quantitative estimate of drug-likeness (QED) is 0.548. The summed E-state index contributed by atoms with van der Waals surface area (Å²) < 4.78 is 0. The average molecular weight is 185 g/mol. The van der Waals surface area contributed by atoms with Crippen LogP contribution in [0, 0.1) is 0 Å². The van der Waals surface area contributed by atoms with E-state index in [9.17, 15) is 9.59 Å². The van der Waals surface area contributed by atoms with Gasteiger partial charge in [-0.1, -0.05) is 0 Å². The van der Waals surface area contributed by atoms with Gasteiger partial charge in [0.2, 0.25) is 11.8 Å². The van der Waals surface area contributed by atoms with Crippen molar-refractivity contribution in [3.05, 3.63) is 0 Å². The maximum Gasteiger partial charge on any atom is 0.241 e. The minimum absolute atomic E-state index is 0.0862. The molecule has 1 aliphatic rings. The number of likely N-dealkylation sites (N-methyl/N-ethyl adjacent to an activating group) is 1. The van der Waals surface area contributed by atoms with Crippen LogP contribution in [0.1, 0.15) is 6.92 Å². The fourth-order valence-corrected chi connectivity index (χ4v) is 1.54. The maximum absolute atomic E-state index is 11.1. The minimum Gasteiger partial charge on any atom is -0.368 e.